The maximum atomic E-state index is 12.4. The minimum Gasteiger partial charge on any atom is -0.491 e. The van der Waals surface area contributed by atoms with Crippen molar-refractivity contribution in [2.45, 2.75) is 32.2 Å². The van der Waals surface area contributed by atoms with Gasteiger partial charge in [0.2, 0.25) is 0 Å². The molecule has 1 aliphatic heterocycles. The maximum absolute atomic E-state index is 12.4. The van der Waals surface area contributed by atoms with E-state index in [2.05, 4.69) is 11.4 Å². The van der Waals surface area contributed by atoms with Crippen molar-refractivity contribution in [1.82, 2.24) is 5.32 Å². The zero-order valence-corrected chi connectivity index (χ0v) is 14.2. The molecule has 5 heteroatoms. The molecule has 0 unspecified atom stereocenters. The second-order valence-corrected chi connectivity index (χ2v) is 5.83. The number of esters is 1. The molecular formula is C18H27NO4. The van der Waals surface area contributed by atoms with Crippen molar-refractivity contribution in [2.24, 2.45) is 5.92 Å². The molecule has 0 spiro atoms. The number of carbonyl (C=O) groups excluding carboxylic acids is 1. The quantitative estimate of drug-likeness (QED) is 0.617. The summed E-state index contributed by atoms with van der Waals surface area (Å²) >= 11 is 0. The third kappa shape index (κ3) is 4.69. The molecule has 23 heavy (non-hydrogen) atoms. The van der Waals surface area contributed by atoms with Crippen molar-refractivity contribution in [3.05, 3.63) is 29.8 Å². The molecule has 0 bridgehead atoms. The predicted molar refractivity (Wildman–Crippen MR) is 88.8 cm³/mol. The molecule has 128 valence electrons. The van der Waals surface area contributed by atoms with Crippen LogP contribution in [0.3, 0.4) is 0 Å². The van der Waals surface area contributed by atoms with Crippen LogP contribution in [0.2, 0.25) is 0 Å². The lowest BCUT2D eigenvalue weighted by molar-refractivity contribution is -0.150. The summed E-state index contributed by atoms with van der Waals surface area (Å²) in [6, 6.07) is 8.11. The Labute approximate surface area is 138 Å². The Bertz CT molecular complexity index is 506. The fraction of sp³-hybridized carbons (Fsp3) is 0.611. The number of methoxy groups -OCH3 is 1. The second-order valence-electron chi connectivity index (χ2n) is 5.83. The van der Waals surface area contributed by atoms with Crippen LogP contribution in [0.5, 0.6) is 5.75 Å². The monoisotopic (exact) mass is 321 g/mol. The van der Waals surface area contributed by atoms with Gasteiger partial charge in [-0.1, -0.05) is 12.1 Å². The van der Waals surface area contributed by atoms with E-state index in [0.29, 0.717) is 19.8 Å². The highest BCUT2D eigenvalue weighted by Crippen LogP contribution is 2.35. The predicted octanol–water partition coefficient (Wildman–Crippen LogP) is 2.36. The molecule has 0 radical (unpaired) electrons. The topological polar surface area (TPSA) is 56.8 Å². The number of piperidine rings is 1. The molecule has 0 amide bonds. The average Bonchev–Trinajstić information content (AvgIpc) is 2.55. The fourth-order valence-electron chi connectivity index (χ4n) is 3.18. The second kappa shape index (κ2) is 8.89. The Morgan fingerprint density at radius 2 is 2.17 bits per heavy atom. The molecule has 1 N–H and O–H groups in total. The van der Waals surface area contributed by atoms with Crippen LogP contribution in [0.25, 0.3) is 0 Å². The maximum Gasteiger partial charge on any atom is 0.311 e. The van der Waals surface area contributed by atoms with Crippen LogP contribution in [-0.2, 0) is 14.3 Å². The molecular weight excluding hydrogens is 294 g/mol. The van der Waals surface area contributed by atoms with Gasteiger partial charge in [0.1, 0.15) is 12.4 Å². The van der Waals surface area contributed by atoms with E-state index >= 15 is 0 Å². The third-order valence-electron chi connectivity index (χ3n) is 4.30. The van der Waals surface area contributed by atoms with Crippen molar-refractivity contribution >= 4 is 5.97 Å². The standard InChI is InChI=1S/C18H27NO4/c1-4-22-18(20)17-13(2)19-9-8-16(17)14-6-5-7-15(12-14)23-11-10-21-3/h5-7,12-13,16-17,19H,4,8-11H2,1-3H3/t13-,16+,17-/m1/s1. The summed E-state index contributed by atoms with van der Waals surface area (Å²) in [5, 5.41) is 3.38. The molecule has 0 saturated carbocycles. The first kappa shape index (κ1) is 17.8. The summed E-state index contributed by atoms with van der Waals surface area (Å²) in [5.41, 5.74) is 1.13. The number of ether oxygens (including phenoxy) is 3. The summed E-state index contributed by atoms with van der Waals surface area (Å²) in [5.74, 6) is 0.672. The number of hydrogen-bond donors (Lipinski definition) is 1. The van der Waals surface area contributed by atoms with Crippen LogP contribution in [-0.4, -0.2) is 45.5 Å². The van der Waals surface area contributed by atoms with Gasteiger partial charge >= 0.3 is 5.97 Å². The summed E-state index contributed by atoms with van der Waals surface area (Å²) in [7, 11) is 1.65. The van der Waals surface area contributed by atoms with E-state index in [1.165, 1.54) is 0 Å². The first-order valence-corrected chi connectivity index (χ1v) is 8.29. The molecule has 0 aliphatic carbocycles. The molecule has 3 atom stereocenters. The van der Waals surface area contributed by atoms with E-state index in [0.717, 1.165) is 24.3 Å². The minimum absolute atomic E-state index is 0.103. The van der Waals surface area contributed by atoms with Crippen molar-refractivity contribution in [3.8, 4) is 5.75 Å². The van der Waals surface area contributed by atoms with Gasteiger partial charge in [0.05, 0.1) is 19.1 Å². The Morgan fingerprint density at radius 1 is 1.35 bits per heavy atom. The van der Waals surface area contributed by atoms with Gasteiger partial charge in [-0.15, -0.1) is 0 Å². The molecule has 0 aromatic heterocycles. The van der Waals surface area contributed by atoms with Gasteiger partial charge in [-0.2, -0.15) is 0 Å². The summed E-state index contributed by atoms with van der Waals surface area (Å²) in [4.78, 5) is 12.4. The summed E-state index contributed by atoms with van der Waals surface area (Å²) in [6.45, 7) is 6.28. The summed E-state index contributed by atoms with van der Waals surface area (Å²) < 4.78 is 16.0. The molecule has 1 aliphatic rings. The van der Waals surface area contributed by atoms with Crippen LogP contribution >= 0.6 is 0 Å². The molecule has 1 heterocycles. The smallest absolute Gasteiger partial charge is 0.311 e. The van der Waals surface area contributed by atoms with Crippen LogP contribution in [0.4, 0.5) is 0 Å². The highest BCUT2D eigenvalue weighted by molar-refractivity contribution is 5.75. The number of carbonyl (C=O) groups is 1. The van der Waals surface area contributed by atoms with E-state index in [-0.39, 0.29) is 23.8 Å². The van der Waals surface area contributed by atoms with Crippen molar-refractivity contribution in [3.63, 3.8) is 0 Å². The zero-order valence-electron chi connectivity index (χ0n) is 14.2. The fourth-order valence-corrected chi connectivity index (χ4v) is 3.18. The summed E-state index contributed by atoms with van der Waals surface area (Å²) in [6.07, 6.45) is 0.912. The highest BCUT2D eigenvalue weighted by Gasteiger charge is 2.38. The van der Waals surface area contributed by atoms with Gasteiger partial charge in [0.15, 0.2) is 0 Å². The normalized spacial score (nSPS) is 24.2. The first-order chi connectivity index (χ1) is 11.2. The van der Waals surface area contributed by atoms with Crippen molar-refractivity contribution in [2.75, 3.05) is 33.5 Å². The van der Waals surface area contributed by atoms with E-state index in [9.17, 15) is 4.79 Å². The number of benzene rings is 1. The highest BCUT2D eigenvalue weighted by atomic mass is 16.5. The van der Waals surface area contributed by atoms with E-state index in [4.69, 9.17) is 14.2 Å². The van der Waals surface area contributed by atoms with Gasteiger partial charge < -0.3 is 19.5 Å². The van der Waals surface area contributed by atoms with Gasteiger partial charge in [0.25, 0.3) is 0 Å². The van der Waals surface area contributed by atoms with Crippen LogP contribution in [0, 0.1) is 5.92 Å². The number of rotatable bonds is 7. The molecule has 2 rings (SSSR count). The number of hydrogen-bond acceptors (Lipinski definition) is 5. The number of nitrogens with one attached hydrogen (secondary N) is 1. The van der Waals surface area contributed by atoms with Crippen molar-refractivity contribution in [1.29, 1.82) is 0 Å². The van der Waals surface area contributed by atoms with E-state index in [1.54, 1.807) is 7.11 Å². The average molecular weight is 321 g/mol. The van der Waals surface area contributed by atoms with E-state index < -0.39 is 0 Å². The molecule has 1 fully saturated rings. The van der Waals surface area contributed by atoms with Crippen molar-refractivity contribution < 1.29 is 19.0 Å². The van der Waals surface area contributed by atoms with Crippen LogP contribution < -0.4 is 10.1 Å². The van der Waals surface area contributed by atoms with Gasteiger partial charge in [0, 0.05) is 19.1 Å². The molecule has 1 aromatic carbocycles. The molecule has 1 aromatic rings. The molecule has 5 nitrogen and oxygen atoms in total. The van der Waals surface area contributed by atoms with Gasteiger partial charge in [-0.05, 0) is 44.5 Å². The Hall–Kier alpha value is -1.59. The van der Waals surface area contributed by atoms with Gasteiger partial charge in [-0.25, -0.2) is 0 Å². The SMILES string of the molecule is CCOC(=O)[C@@H]1[C@@H](C)NCC[C@H]1c1cccc(OCCOC)c1. The van der Waals surface area contributed by atoms with Crippen LogP contribution in [0.1, 0.15) is 31.7 Å². The third-order valence-corrected chi connectivity index (χ3v) is 4.30. The Kier molecular flexibility index (Phi) is 6.86. The Morgan fingerprint density at radius 3 is 2.91 bits per heavy atom. The zero-order chi connectivity index (χ0) is 16.7. The lowest BCUT2D eigenvalue weighted by Crippen LogP contribution is -2.47. The lowest BCUT2D eigenvalue weighted by Gasteiger charge is -2.36. The minimum atomic E-state index is -0.169. The first-order valence-electron chi connectivity index (χ1n) is 8.29. The Balaban J connectivity index is 2.16. The van der Waals surface area contributed by atoms with Crippen LogP contribution in [0.15, 0.2) is 24.3 Å². The van der Waals surface area contributed by atoms with E-state index in [1.807, 2.05) is 32.0 Å². The van der Waals surface area contributed by atoms with Gasteiger partial charge in [-0.3, -0.25) is 4.79 Å². The molecule has 1 saturated heterocycles. The largest absolute Gasteiger partial charge is 0.491 e. The lowest BCUT2D eigenvalue weighted by atomic mass is 9.77.